The minimum atomic E-state index is -1.60. The molecule has 0 bridgehead atoms. The summed E-state index contributed by atoms with van der Waals surface area (Å²) in [6.07, 6.45) is -10.6. The normalized spacial score (nSPS) is 35.3. The molecule has 0 N–H and O–H groups in total. The summed E-state index contributed by atoms with van der Waals surface area (Å²) in [6, 6.07) is -3.56. The highest BCUT2D eigenvalue weighted by Crippen LogP contribution is 2.38. The Morgan fingerprint density at radius 2 is 1.47 bits per heavy atom. The quantitative estimate of drug-likeness (QED) is 0.137. The second-order valence-electron chi connectivity index (χ2n) is 8.10. The van der Waals surface area contributed by atoms with Crippen LogP contribution in [0.1, 0.15) is 20.3 Å². The molecule has 0 amide bonds. The van der Waals surface area contributed by atoms with Crippen molar-refractivity contribution in [1.29, 1.82) is 0 Å². The highest BCUT2D eigenvalue weighted by molar-refractivity contribution is 5.67. The zero-order chi connectivity index (χ0) is 27.8. The Morgan fingerprint density at radius 1 is 0.868 bits per heavy atom. The maximum atomic E-state index is 11.9. The van der Waals surface area contributed by atoms with Crippen LogP contribution in [0.5, 0.6) is 0 Å². The largest absolute Gasteiger partial charge is 0.509 e. The van der Waals surface area contributed by atoms with Crippen molar-refractivity contribution in [2.45, 2.75) is 81.3 Å². The molecule has 21 heteroatoms. The molecule has 0 aromatic heterocycles. The van der Waals surface area contributed by atoms with Crippen molar-refractivity contribution in [2.75, 3.05) is 6.54 Å². The molecular formula is C17H20N12O9. The number of fused-ring (bicyclic) bond motifs is 1. The van der Waals surface area contributed by atoms with Gasteiger partial charge in [0.05, 0.1) is 18.6 Å². The molecule has 3 rings (SSSR count). The molecule has 0 aromatic rings. The van der Waals surface area contributed by atoms with Gasteiger partial charge in [-0.3, -0.25) is 9.59 Å². The summed E-state index contributed by atoms with van der Waals surface area (Å²) in [7, 11) is 0. The monoisotopic (exact) mass is 536 g/mol. The number of esters is 2. The zero-order valence-electron chi connectivity index (χ0n) is 19.7. The SMILES string of the molecule is CC(=O)O[C@@H]1[C@@H](N=[N+]=[N-])[C@@H](O[C@H]2[C@@H]3OC(=O)O[C@H]3[C@@H](N=[N+]=[N-])C[C@@H]2N=[N+]=[N-])O[C@H](CN=[N+]=[N-])[C@H]1OC(C)=O. The molecular weight excluding hydrogens is 516 g/mol. The van der Waals surface area contributed by atoms with E-state index in [4.69, 9.17) is 45.0 Å². The molecule has 1 aliphatic carbocycles. The molecule has 1 saturated carbocycles. The minimum absolute atomic E-state index is 0.124. The van der Waals surface area contributed by atoms with Gasteiger partial charge in [-0.25, -0.2) is 4.79 Å². The Labute approximate surface area is 211 Å². The van der Waals surface area contributed by atoms with Gasteiger partial charge in [-0.1, -0.05) is 20.5 Å². The molecule has 38 heavy (non-hydrogen) atoms. The van der Waals surface area contributed by atoms with E-state index in [1.807, 2.05) is 0 Å². The first-order valence-corrected chi connectivity index (χ1v) is 10.9. The number of nitrogens with zero attached hydrogens (tertiary/aromatic N) is 12. The molecule has 0 aromatic carbocycles. The van der Waals surface area contributed by atoms with Crippen LogP contribution in [0.4, 0.5) is 4.79 Å². The third-order valence-corrected chi connectivity index (χ3v) is 5.77. The summed E-state index contributed by atoms with van der Waals surface area (Å²) in [5.41, 5.74) is 36.0. The fourth-order valence-electron chi connectivity index (χ4n) is 4.46. The predicted molar refractivity (Wildman–Crippen MR) is 117 cm³/mol. The van der Waals surface area contributed by atoms with Crippen molar-refractivity contribution < 1.29 is 42.8 Å². The summed E-state index contributed by atoms with van der Waals surface area (Å²) in [4.78, 5) is 46.5. The summed E-state index contributed by atoms with van der Waals surface area (Å²) in [5.74, 6) is -1.65. The van der Waals surface area contributed by atoms with Crippen LogP contribution in [0.3, 0.4) is 0 Å². The molecule has 3 fully saturated rings. The molecule has 2 heterocycles. The summed E-state index contributed by atoms with van der Waals surface area (Å²) in [6.45, 7) is 1.70. The zero-order valence-corrected chi connectivity index (χ0v) is 19.7. The number of hydrogen-bond donors (Lipinski definition) is 0. The Balaban J connectivity index is 2.03. The van der Waals surface area contributed by atoms with Crippen molar-refractivity contribution in [1.82, 2.24) is 0 Å². The van der Waals surface area contributed by atoms with Gasteiger partial charge in [-0.15, -0.1) is 0 Å². The molecule has 0 spiro atoms. The average Bonchev–Trinajstić information content (AvgIpc) is 3.25. The van der Waals surface area contributed by atoms with Gasteiger partial charge >= 0.3 is 18.1 Å². The lowest BCUT2D eigenvalue weighted by Gasteiger charge is -2.46. The minimum Gasteiger partial charge on any atom is -0.458 e. The summed E-state index contributed by atoms with van der Waals surface area (Å²) >= 11 is 0. The Morgan fingerprint density at radius 3 is 2.08 bits per heavy atom. The third kappa shape index (κ3) is 6.19. The summed E-state index contributed by atoms with van der Waals surface area (Å²) in [5, 5.41) is 14.3. The lowest BCUT2D eigenvalue weighted by atomic mass is 9.84. The van der Waals surface area contributed by atoms with E-state index in [9.17, 15) is 19.9 Å². The number of hydrogen-bond acceptors (Lipinski definition) is 13. The van der Waals surface area contributed by atoms with Crippen LogP contribution in [-0.4, -0.2) is 85.7 Å². The number of carbonyl (C=O) groups is 3. The third-order valence-electron chi connectivity index (χ3n) is 5.77. The van der Waals surface area contributed by atoms with Crippen molar-refractivity contribution in [3.63, 3.8) is 0 Å². The van der Waals surface area contributed by atoms with E-state index in [-0.39, 0.29) is 6.42 Å². The van der Waals surface area contributed by atoms with Crippen LogP contribution in [0.25, 0.3) is 41.8 Å². The van der Waals surface area contributed by atoms with Crippen LogP contribution in [0.15, 0.2) is 20.5 Å². The molecule has 10 atom stereocenters. The van der Waals surface area contributed by atoms with Crippen LogP contribution < -0.4 is 0 Å². The van der Waals surface area contributed by atoms with Crippen LogP contribution in [0.2, 0.25) is 0 Å². The first-order valence-electron chi connectivity index (χ1n) is 10.9. The van der Waals surface area contributed by atoms with E-state index in [0.717, 1.165) is 13.8 Å². The van der Waals surface area contributed by atoms with E-state index < -0.39 is 85.7 Å². The number of ether oxygens (including phenoxy) is 6. The van der Waals surface area contributed by atoms with E-state index in [2.05, 4.69) is 40.1 Å². The average molecular weight is 536 g/mol. The molecule has 3 aliphatic rings. The second-order valence-corrected chi connectivity index (χ2v) is 8.10. The number of azide groups is 4. The Kier molecular flexibility index (Phi) is 9.23. The van der Waals surface area contributed by atoms with Gasteiger partial charge in [-0.2, -0.15) is 0 Å². The van der Waals surface area contributed by atoms with Crippen molar-refractivity contribution in [2.24, 2.45) is 20.5 Å². The van der Waals surface area contributed by atoms with Gasteiger partial charge in [0.25, 0.3) is 0 Å². The smallest absolute Gasteiger partial charge is 0.458 e. The fraction of sp³-hybridized carbons (Fsp3) is 0.824. The second kappa shape index (κ2) is 12.6. The summed E-state index contributed by atoms with van der Waals surface area (Å²) < 4.78 is 32.7. The first-order chi connectivity index (χ1) is 18.2. The molecule has 2 aliphatic heterocycles. The highest BCUT2D eigenvalue weighted by atomic mass is 16.8. The molecule has 202 valence electrons. The van der Waals surface area contributed by atoms with Crippen LogP contribution in [-0.2, 0) is 38.0 Å². The molecule has 2 saturated heterocycles. The van der Waals surface area contributed by atoms with Gasteiger partial charge in [0.1, 0.15) is 18.2 Å². The van der Waals surface area contributed by atoms with Crippen molar-refractivity contribution in [3.8, 4) is 0 Å². The van der Waals surface area contributed by atoms with Crippen molar-refractivity contribution in [3.05, 3.63) is 41.8 Å². The van der Waals surface area contributed by atoms with E-state index in [0.29, 0.717) is 0 Å². The lowest BCUT2D eigenvalue weighted by molar-refractivity contribution is -0.287. The van der Waals surface area contributed by atoms with E-state index in [1.165, 1.54) is 0 Å². The van der Waals surface area contributed by atoms with Gasteiger partial charge < -0.3 is 28.4 Å². The molecule has 0 unspecified atom stereocenters. The van der Waals surface area contributed by atoms with Gasteiger partial charge in [-0.05, 0) is 28.5 Å². The highest BCUT2D eigenvalue weighted by Gasteiger charge is 2.57. The van der Waals surface area contributed by atoms with Gasteiger partial charge in [0.2, 0.25) is 0 Å². The maximum Gasteiger partial charge on any atom is 0.509 e. The predicted octanol–water partition coefficient (Wildman–Crippen LogP) is 2.61. The van der Waals surface area contributed by atoms with Gasteiger partial charge in [0, 0.05) is 33.5 Å². The first kappa shape index (κ1) is 27.9. The van der Waals surface area contributed by atoms with Crippen LogP contribution >= 0.6 is 0 Å². The Hall–Kier alpha value is -4.63. The Bertz CT molecular complexity index is 1140. The number of carbonyl (C=O) groups excluding carboxylic acids is 3. The molecule has 21 nitrogen and oxygen atoms in total. The van der Waals surface area contributed by atoms with E-state index in [1.54, 1.807) is 0 Å². The van der Waals surface area contributed by atoms with Crippen molar-refractivity contribution >= 4 is 18.1 Å². The fourth-order valence-corrected chi connectivity index (χ4v) is 4.46. The lowest BCUT2D eigenvalue weighted by Crippen LogP contribution is -2.63. The van der Waals surface area contributed by atoms with Crippen LogP contribution in [0, 0.1) is 0 Å². The number of rotatable bonds is 9. The van der Waals surface area contributed by atoms with Gasteiger partial charge in [0.15, 0.2) is 30.7 Å². The standard InChI is InChI=1S/C17H20N12O9/c1-5(30)33-13-9(4-22-26-18)35-16(10(25-29-21)14(13)34-6(2)31)36-11-7(23-27-19)3-8(24-28-20)12-15(11)38-17(32)37-12/h7-16H,3-4H2,1-2H3/t7-,8-,9+,10+,11+,12-,13+,14+,15-,16+/m0/s1. The maximum absolute atomic E-state index is 11.9. The molecule has 0 radical (unpaired) electrons. The topological polar surface area (TPSA) is 302 Å². The van der Waals surface area contributed by atoms with E-state index >= 15 is 0 Å².